The van der Waals surface area contributed by atoms with Gasteiger partial charge < -0.3 is 14.0 Å². The Morgan fingerprint density at radius 1 is 0.973 bits per heavy atom. The first-order valence-electron chi connectivity index (χ1n) is 13.2. The molecule has 1 atom stereocenters. The number of quaternary nitrogens is 1. The fourth-order valence-electron chi connectivity index (χ4n) is 6.77. The van der Waals surface area contributed by atoms with Crippen molar-refractivity contribution in [3.05, 3.63) is 89.5 Å². The van der Waals surface area contributed by atoms with Gasteiger partial charge in [-0.25, -0.2) is 8.78 Å². The maximum atomic E-state index is 13.9. The number of rotatable bonds is 7. The van der Waals surface area contributed by atoms with E-state index < -0.39 is 17.0 Å². The van der Waals surface area contributed by atoms with E-state index in [1.54, 1.807) is 0 Å². The van der Waals surface area contributed by atoms with E-state index in [0.717, 1.165) is 78.2 Å². The summed E-state index contributed by atoms with van der Waals surface area (Å²) >= 11 is 0. The second-order valence-electron chi connectivity index (χ2n) is 11.0. The largest absolute Gasteiger partial charge is 0.490 e. The van der Waals surface area contributed by atoms with E-state index in [9.17, 15) is 13.6 Å². The Morgan fingerprint density at radius 3 is 2.27 bits per heavy atom. The van der Waals surface area contributed by atoms with Crippen molar-refractivity contribution < 1.29 is 27.5 Å². The van der Waals surface area contributed by atoms with Crippen LogP contribution in [0.15, 0.2) is 66.7 Å². The Labute approximate surface area is 216 Å². The molecular weight excluding hydrogens is 472 g/mol. The summed E-state index contributed by atoms with van der Waals surface area (Å²) in [4.78, 5) is 13.9. The number of esters is 1. The zero-order valence-corrected chi connectivity index (χ0v) is 21.1. The fraction of sp³-hybridized carbons (Fsp3) is 0.387. The summed E-state index contributed by atoms with van der Waals surface area (Å²) in [6.45, 7) is 6.17. The van der Waals surface area contributed by atoms with E-state index in [-0.39, 0.29) is 17.8 Å². The third-order valence-corrected chi connectivity index (χ3v) is 8.86. The lowest BCUT2D eigenvalue weighted by Gasteiger charge is -2.52. The van der Waals surface area contributed by atoms with Gasteiger partial charge in [0.15, 0.2) is 17.7 Å². The van der Waals surface area contributed by atoms with Crippen molar-refractivity contribution >= 4 is 5.97 Å². The van der Waals surface area contributed by atoms with Crippen molar-refractivity contribution in [2.45, 2.75) is 37.7 Å². The van der Waals surface area contributed by atoms with E-state index >= 15 is 0 Å². The molecule has 37 heavy (non-hydrogen) atoms. The molecule has 0 radical (unpaired) electrons. The van der Waals surface area contributed by atoms with Crippen LogP contribution in [0.25, 0.3) is 11.1 Å². The highest BCUT2D eigenvalue weighted by Gasteiger charge is 2.51. The Balaban J connectivity index is 1.14. The lowest BCUT2D eigenvalue weighted by molar-refractivity contribution is -0.946. The summed E-state index contributed by atoms with van der Waals surface area (Å²) in [6.07, 6.45) is 2.72. The number of nitrogens with zero attached hydrogens (tertiary/aromatic N) is 1. The normalized spacial score (nSPS) is 24.8. The van der Waals surface area contributed by atoms with E-state index in [2.05, 4.69) is 12.1 Å². The summed E-state index contributed by atoms with van der Waals surface area (Å²) in [5.74, 6) is -0.989. The molecule has 7 rings (SSSR count). The van der Waals surface area contributed by atoms with Crippen molar-refractivity contribution in [3.63, 3.8) is 0 Å². The molecule has 6 heteroatoms. The molecule has 1 unspecified atom stereocenters. The van der Waals surface area contributed by atoms with Crippen molar-refractivity contribution in [1.29, 1.82) is 0 Å². The molecule has 3 heterocycles. The number of carbonyl (C=O) groups excluding carboxylic acids is 1. The van der Waals surface area contributed by atoms with Crippen LogP contribution in [0, 0.1) is 17.6 Å². The number of ether oxygens (including phenoxy) is 2. The molecular formula is C31H32F2NO3+. The van der Waals surface area contributed by atoms with Crippen LogP contribution in [0.1, 0.15) is 37.3 Å². The van der Waals surface area contributed by atoms with Crippen molar-refractivity contribution in [3.8, 4) is 16.9 Å². The molecule has 0 saturated carbocycles. The van der Waals surface area contributed by atoms with Crippen LogP contribution >= 0.6 is 0 Å². The number of carbonyl (C=O) groups is 1. The van der Waals surface area contributed by atoms with Gasteiger partial charge in [-0.05, 0) is 41.3 Å². The van der Waals surface area contributed by atoms with Gasteiger partial charge in [0.05, 0.1) is 26.2 Å². The maximum absolute atomic E-state index is 13.9. The minimum absolute atomic E-state index is 0.0796. The van der Waals surface area contributed by atoms with Gasteiger partial charge in [-0.3, -0.25) is 4.79 Å². The molecule has 3 aliphatic heterocycles. The number of benzene rings is 3. The maximum Gasteiger partial charge on any atom is 0.321 e. The Morgan fingerprint density at radius 2 is 1.62 bits per heavy atom. The number of piperidine rings is 3. The van der Waals surface area contributed by atoms with E-state index in [4.69, 9.17) is 9.47 Å². The first kappa shape index (κ1) is 24.1. The van der Waals surface area contributed by atoms with Crippen LogP contribution < -0.4 is 4.74 Å². The molecule has 0 amide bonds. The number of hydrogen-bond acceptors (Lipinski definition) is 3. The topological polar surface area (TPSA) is 35.5 Å². The molecule has 4 nitrogen and oxygen atoms in total. The van der Waals surface area contributed by atoms with Crippen LogP contribution in [0.5, 0.6) is 5.75 Å². The highest BCUT2D eigenvalue weighted by Crippen LogP contribution is 2.50. The lowest BCUT2D eigenvalue weighted by Crippen LogP contribution is -2.65. The average Bonchev–Trinajstić information content (AvgIpc) is 3.18. The zero-order valence-electron chi connectivity index (χ0n) is 21.1. The Kier molecular flexibility index (Phi) is 6.03. The molecule has 3 fully saturated rings. The quantitative estimate of drug-likeness (QED) is 0.229. The lowest BCUT2D eigenvalue weighted by atomic mass is 9.79. The Hall–Kier alpha value is -3.25. The first-order valence-corrected chi connectivity index (χ1v) is 13.2. The summed E-state index contributed by atoms with van der Waals surface area (Å²) in [7, 11) is 0. The molecule has 0 N–H and O–H groups in total. The van der Waals surface area contributed by atoms with Gasteiger partial charge in [-0.1, -0.05) is 48.5 Å². The van der Waals surface area contributed by atoms with Gasteiger partial charge >= 0.3 is 5.97 Å². The second kappa shape index (κ2) is 9.25. The standard InChI is InChI=1S/C31H32F2NO3/c1-31(25-9-4-2-7-23(25)24-8-3-5-10-26(24)31)30(35)37-29-20-34(16-13-21(29)14-17-34)15-6-18-36-28-12-11-22(32)19-27(28)33/h2-5,7-12,19,21,29H,6,13-18,20H2,1H3/q+1. The minimum atomic E-state index is -0.822. The molecule has 4 aliphatic rings. The highest BCUT2D eigenvalue weighted by molar-refractivity contribution is 5.97. The molecule has 3 aromatic rings. The predicted molar refractivity (Wildman–Crippen MR) is 137 cm³/mol. The van der Waals surface area contributed by atoms with Crippen LogP contribution in [0.2, 0.25) is 0 Å². The third kappa shape index (κ3) is 4.11. The first-order chi connectivity index (χ1) is 17.9. The predicted octanol–water partition coefficient (Wildman–Crippen LogP) is 5.87. The van der Waals surface area contributed by atoms with Gasteiger partial charge in [0.25, 0.3) is 0 Å². The molecule has 192 valence electrons. The second-order valence-corrected chi connectivity index (χ2v) is 11.0. The Bertz CT molecular complexity index is 1290. The van der Waals surface area contributed by atoms with E-state index in [0.29, 0.717) is 12.5 Å². The average molecular weight is 505 g/mol. The van der Waals surface area contributed by atoms with Crippen LogP contribution in [-0.2, 0) is 14.9 Å². The molecule has 2 bridgehead atoms. The van der Waals surface area contributed by atoms with Gasteiger partial charge in [0, 0.05) is 31.2 Å². The molecule has 1 aliphatic carbocycles. The monoisotopic (exact) mass is 504 g/mol. The molecule has 0 aromatic heterocycles. The van der Waals surface area contributed by atoms with Crippen LogP contribution in [0.4, 0.5) is 8.78 Å². The van der Waals surface area contributed by atoms with Gasteiger partial charge in [-0.2, -0.15) is 0 Å². The van der Waals surface area contributed by atoms with Gasteiger partial charge in [0.1, 0.15) is 17.8 Å². The summed E-state index contributed by atoms with van der Waals surface area (Å²) in [5, 5.41) is 0. The third-order valence-electron chi connectivity index (χ3n) is 8.86. The summed E-state index contributed by atoms with van der Waals surface area (Å²) in [6, 6.07) is 19.7. The minimum Gasteiger partial charge on any atom is -0.490 e. The number of fused-ring (bicyclic) bond motifs is 6. The molecule has 3 aromatic carbocycles. The fourth-order valence-corrected chi connectivity index (χ4v) is 6.77. The highest BCUT2D eigenvalue weighted by atomic mass is 19.1. The van der Waals surface area contributed by atoms with Crippen molar-refractivity contribution in [1.82, 2.24) is 0 Å². The van der Waals surface area contributed by atoms with E-state index in [1.165, 1.54) is 12.1 Å². The van der Waals surface area contributed by atoms with Crippen molar-refractivity contribution in [2.75, 3.05) is 32.8 Å². The molecule has 0 spiro atoms. The van der Waals surface area contributed by atoms with Crippen LogP contribution in [-0.4, -0.2) is 49.3 Å². The summed E-state index contributed by atoms with van der Waals surface area (Å²) < 4.78 is 39.9. The number of hydrogen-bond donors (Lipinski definition) is 0. The van der Waals surface area contributed by atoms with E-state index in [1.807, 2.05) is 43.3 Å². The number of halogens is 2. The van der Waals surface area contributed by atoms with Crippen LogP contribution in [0.3, 0.4) is 0 Å². The zero-order chi connectivity index (χ0) is 25.6. The van der Waals surface area contributed by atoms with Crippen molar-refractivity contribution in [2.24, 2.45) is 5.92 Å². The molecule has 3 saturated heterocycles. The van der Waals surface area contributed by atoms with Gasteiger partial charge in [-0.15, -0.1) is 0 Å². The smallest absolute Gasteiger partial charge is 0.321 e. The van der Waals surface area contributed by atoms with Gasteiger partial charge in [0.2, 0.25) is 0 Å². The SMILES string of the molecule is CC1(C(=O)OC2C[N+]3(CCCOc4ccc(F)cc4F)CCC2CC3)c2ccccc2-c2ccccc21. The summed E-state index contributed by atoms with van der Waals surface area (Å²) in [5.41, 5.74) is 3.41.